The zero-order valence-electron chi connectivity index (χ0n) is 11.4. The average Bonchev–Trinajstić information content (AvgIpc) is 2.42. The minimum Gasteiger partial charge on any atom is -0.497 e. The molecule has 0 heterocycles. The number of hydrogen-bond acceptors (Lipinski definition) is 4. The van der Waals surface area contributed by atoms with Crippen LogP contribution in [0.3, 0.4) is 0 Å². The van der Waals surface area contributed by atoms with Gasteiger partial charge in [-0.25, -0.2) is 0 Å². The van der Waals surface area contributed by atoms with Crippen LogP contribution in [0.15, 0.2) is 24.3 Å². The highest BCUT2D eigenvalue weighted by Crippen LogP contribution is 2.17. The van der Waals surface area contributed by atoms with Crippen LogP contribution in [-0.2, 0) is 4.79 Å². The lowest BCUT2D eigenvalue weighted by Crippen LogP contribution is -2.30. The van der Waals surface area contributed by atoms with Crippen molar-refractivity contribution in [2.45, 2.75) is 25.9 Å². The van der Waals surface area contributed by atoms with Crippen molar-refractivity contribution in [1.82, 2.24) is 5.32 Å². The number of rotatable bonds is 8. The Labute approximate surface area is 113 Å². The number of ether oxygens (including phenoxy) is 2. The first-order valence-corrected chi connectivity index (χ1v) is 6.33. The third-order valence-electron chi connectivity index (χ3n) is 2.47. The Morgan fingerprint density at radius 1 is 1.32 bits per heavy atom. The smallest absolute Gasteiger partial charge is 0.220 e. The van der Waals surface area contributed by atoms with Crippen LogP contribution in [-0.4, -0.2) is 37.4 Å². The molecule has 0 saturated heterocycles. The molecule has 1 rings (SSSR count). The fraction of sp³-hybridized carbons (Fsp3) is 0.500. The minimum atomic E-state index is -0.514. The van der Waals surface area contributed by atoms with Crippen LogP contribution in [0.25, 0.3) is 0 Å². The van der Waals surface area contributed by atoms with Gasteiger partial charge in [-0.1, -0.05) is 0 Å². The zero-order valence-corrected chi connectivity index (χ0v) is 11.4. The maximum atomic E-state index is 11.3. The van der Waals surface area contributed by atoms with Crippen molar-refractivity contribution in [3.8, 4) is 11.5 Å². The molecule has 2 N–H and O–H groups in total. The summed E-state index contributed by atoms with van der Waals surface area (Å²) in [5.41, 5.74) is 0. The molecule has 0 aromatic heterocycles. The Bertz CT molecular complexity index is 376. The molecule has 5 nitrogen and oxygen atoms in total. The summed E-state index contributed by atoms with van der Waals surface area (Å²) >= 11 is 0. The molecule has 0 spiro atoms. The van der Waals surface area contributed by atoms with E-state index in [0.29, 0.717) is 19.4 Å². The second-order valence-electron chi connectivity index (χ2n) is 4.28. The third kappa shape index (κ3) is 6.67. The topological polar surface area (TPSA) is 67.8 Å². The van der Waals surface area contributed by atoms with E-state index in [4.69, 9.17) is 14.6 Å². The van der Waals surface area contributed by atoms with E-state index in [2.05, 4.69) is 5.32 Å². The Kier molecular flexibility index (Phi) is 6.74. The molecule has 106 valence electrons. The van der Waals surface area contributed by atoms with Gasteiger partial charge in [0.15, 0.2) is 0 Å². The van der Waals surface area contributed by atoms with Gasteiger partial charge >= 0.3 is 0 Å². The highest BCUT2D eigenvalue weighted by atomic mass is 16.5. The normalized spacial score (nSPS) is 11.7. The van der Waals surface area contributed by atoms with Gasteiger partial charge in [-0.3, -0.25) is 4.79 Å². The molecule has 0 radical (unpaired) electrons. The lowest BCUT2D eigenvalue weighted by atomic mass is 10.3. The number of amides is 1. The van der Waals surface area contributed by atoms with E-state index in [1.807, 2.05) is 24.3 Å². The van der Waals surface area contributed by atoms with E-state index in [9.17, 15) is 4.79 Å². The van der Waals surface area contributed by atoms with E-state index in [1.54, 1.807) is 14.0 Å². The number of carbonyl (C=O) groups is 1. The summed E-state index contributed by atoms with van der Waals surface area (Å²) in [6.07, 6.45) is 0.514. The lowest BCUT2D eigenvalue weighted by Gasteiger charge is -2.08. The zero-order chi connectivity index (χ0) is 14.1. The Balaban J connectivity index is 2.14. The highest BCUT2D eigenvalue weighted by molar-refractivity contribution is 5.75. The van der Waals surface area contributed by atoms with Crippen LogP contribution in [0.1, 0.15) is 19.8 Å². The number of aliphatic hydroxyl groups is 1. The lowest BCUT2D eigenvalue weighted by molar-refractivity contribution is -0.121. The Morgan fingerprint density at radius 3 is 2.53 bits per heavy atom. The summed E-state index contributed by atoms with van der Waals surface area (Å²) in [6.45, 7) is 2.40. The van der Waals surface area contributed by atoms with Gasteiger partial charge < -0.3 is 19.9 Å². The van der Waals surface area contributed by atoms with Crippen LogP contribution in [0.4, 0.5) is 0 Å². The monoisotopic (exact) mass is 267 g/mol. The van der Waals surface area contributed by atoms with Gasteiger partial charge in [0, 0.05) is 13.0 Å². The number of nitrogens with one attached hydrogen (secondary N) is 1. The van der Waals surface area contributed by atoms with Crippen LogP contribution in [0, 0.1) is 0 Å². The molecule has 1 aromatic rings. The van der Waals surface area contributed by atoms with Gasteiger partial charge in [0.05, 0.1) is 19.8 Å². The number of benzene rings is 1. The van der Waals surface area contributed by atoms with E-state index in [-0.39, 0.29) is 12.5 Å². The highest BCUT2D eigenvalue weighted by Gasteiger charge is 2.03. The van der Waals surface area contributed by atoms with E-state index in [0.717, 1.165) is 11.5 Å². The maximum Gasteiger partial charge on any atom is 0.220 e. The molecule has 0 aliphatic rings. The molecule has 0 bridgehead atoms. The standard InChI is InChI=1S/C14H21NO4/c1-11(16)10-15-14(17)4-3-9-19-13-7-5-12(18-2)6-8-13/h5-8,11,16H,3-4,9-10H2,1-2H3,(H,15,17). The fourth-order valence-corrected chi connectivity index (χ4v) is 1.44. The largest absolute Gasteiger partial charge is 0.497 e. The molecular weight excluding hydrogens is 246 g/mol. The molecule has 0 aliphatic heterocycles. The second-order valence-corrected chi connectivity index (χ2v) is 4.28. The van der Waals surface area contributed by atoms with Crippen molar-refractivity contribution in [2.75, 3.05) is 20.3 Å². The fourth-order valence-electron chi connectivity index (χ4n) is 1.44. The van der Waals surface area contributed by atoms with Gasteiger partial charge in [-0.15, -0.1) is 0 Å². The van der Waals surface area contributed by atoms with Crippen molar-refractivity contribution >= 4 is 5.91 Å². The van der Waals surface area contributed by atoms with Crippen molar-refractivity contribution in [3.05, 3.63) is 24.3 Å². The van der Waals surface area contributed by atoms with Gasteiger partial charge in [0.2, 0.25) is 5.91 Å². The molecular formula is C14H21NO4. The summed E-state index contributed by atoms with van der Waals surface area (Å²) in [5.74, 6) is 1.47. The van der Waals surface area contributed by atoms with Crippen molar-refractivity contribution in [2.24, 2.45) is 0 Å². The summed E-state index contributed by atoms with van der Waals surface area (Å²) in [6, 6.07) is 7.30. The van der Waals surface area contributed by atoms with E-state index in [1.165, 1.54) is 0 Å². The number of aliphatic hydroxyl groups excluding tert-OH is 1. The number of methoxy groups -OCH3 is 1. The number of carbonyl (C=O) groups excluding carboxylic acids is 1. The Hall–Kier alpha value is -1.75. The van der Waals surface area contributed by atoms with Crippen LogP contribution in [0.2, 0.25) is 0 Å². The summed E-state index contributed by atoms with van der Waals surface area (Å²) in [5, 5.41) is 11.6. The minimum absolute atomic E-state index is 0.0702. The predicted molar refractivity (Wildman–Crippen MR) is 72.4 cm³/mol. The van der Waals surface area contributed by atoms with Gasteiger partial charge in [-0.2, -0.15) is 0 Å². The molecule has 0 saturated carbocycles. The van der Waals surface area contributed by atoms with Crippen molar-refractivity contribution in [3.63, 3.8) is 0 Å². The third-order valence-corrected chi connectivity index (χ3v) is 2.47. The molecule has 1 unspecified atom stereocenters. The summed E-state index contributed by atoms with van der Waals surface area (Å²) in [4.78, 5) is 11.3. The predicted octanol–water partition coefficient (Wildman–Crippen LogP) is 1.35. The first kappa shape index (κ1) is 15.3. The molecule has 1 amide bonds. The number of hydrogen-bond donors (Lipinski definition) is 2. The Morgan fingerprint density at radius 2 is 1.95 bits per heavy atom. The van der Waals surface area contributed by atoms with Crippen molar-refractivity contribution in [1.29, 1.82) is 0 Å². The molecule has 19 heavy (non-hydrogen) atoms. The quantitative estimate of drug-likeness (QED) is 0.698. The van der Waals surface area contributed by atoms with Crippen LogP contribution in [0.5, 0.6) is 11.5 Å². The molecule has 0 aliphatic carbocycles. The molecule has 0 fully saturated rings. The van der Waals surface area contributed by atoms with Gasteiger partial charge in [-0.05, 0) is 37.6 Å². The maximum absolute atomic E-state index is 11.3. The average molecular weight is 267 g/mol. The molecule has 1 atom stereocenters. The van der Waals surface area contributed by atoms with Crippen LogP contribution < -0.4 is 14.8 Å². The summed E-state index contributed by atoms with van der Waals surface area (Å²) < 4.78 is 10.5. The van der Waals surface area contributed by atoms with Gasteiger partial charge in [0.25, 0.3) is 0 Å². The van der Waals surface area contributed by atoms with Crippen LogP contribution >= 0.6 is 0 Å². The molecule has 5 heteroatoms. The SMILES string of the molecule is COc1ccc(OCCCC(=O)NCC(C)O)cc1. The van der Waals surface area contributed by atoms with E-state index < -0.39 is 6.10 Å². The van der Waals surface area contributed by atoms with Crippen molar-refractivity contribution < 1.29 is 19.4 Å². The first-order valence-electron chi connectivity index (χ1n) is 6.33. The summed E-state index contributed by atoms with van der Waals surface area (Å²) in [7, 11) is 1.61. The van der Waals surface area contributed by atoms with Gasteiger partial charge in [0.1, 0.15) is 11.5 Å². The van der Waals surface area contributed by atoms with E-state index >= 15 is 0 Å². The molecule has 1 aromatic carbocycles. The first-order chi connectivity index (χ1) is 9.11. The second kappa shape index (κ2) is 8.37.